The van der Waals surface area contributed by atoms with Gasteiger partial charge in [-0.1, -0.05) is 31.2 Å². The normalized spacial score (nSPS) is 19.1. The van der Waals surface area contributed by atoms with Crippen molar-refractivity contribution in [2.75, 3.05) is 51.3 Å². The van der Waals surface area contributed by atoms with Crippen molar-refractivity contribution < 1.29 is 16.8 Å². The van der Waals surface area contributed by atoms with Gasteiger partial charge in [-0.25, -0.2) is 16.8 Å². The van der Waals surface area contributed by atoms with Crippen LogP contribution in [0.25, 0.3) is 0 Å². The summed E-state index contributed by atoms with van der Waals surface area (Å²) in [5.74, 6) is 0.728. The SMILES string of the molecule is CCCN1CCC(c2cccc(S(=O)(=O)CCCCS(=O)(=O)c3cccc(C4CCN(C)CC4)c3)c2)CC1. The van der Waals surface area contributed by atoms with Gasteiger partial charge in [0.15, 0.2) is 19.7 Å². The number of hydrogen-bond donors (Lipinski definition) is 0. The first-order valence-electron chi connectivity index (χ1n) is 14.2. The third kappa shape index (κ3) is 7.68. The van der Waals surface area contributed by atoms with Crippen LogP contribution in [-0.2, 0) is 19.7 Å². The Hall–Kier alpha value is -1.74. The maximum Gasteiger partial charge on any atom is 0.178 e. The topological polar surface area (TPSA) is 74.8 Å². The summed E-state index contributed by atoms with van der Waals surface area (Å²) in [6, 6.07) is 14.8. The first-order chi connectivity index (χ1) is 18.2. The zero-order chi connectivity index (χ0) is 27.2. The van der Waals surface area contributed by atoms with Crippen molar-refractivity contribution in [3.05, 3.63) is 59.7 Å². The van der Waals surface area contributed by atoms with Gasteiger partial charge in [-0.2, -0.15) is 0 Å². The lowest BCUT2D eigenvalue weighted by atomic mass is 9.89. The average Bonchev–Trinajstić information content (AvgIpc) is 2.92. The number of nitrogens with zero attached hydrogens (tertiary/aromatic N) is 2. The predicted octanol–water partition coefficient (Wildman–Crippen LogP) is 5.11. The number of likely N-dealkylation sites (tertiary alicyclic amines) is 2. The molecule has 2 aliphatic heterocycles. The second-order valence-corrected chi connectivity index (χ2v) is 15.4. The Labute approximate surface area is 230 Å². The van der Waals surface area contributed by atoms with E-state index in [4.69, 9.17) is 0 Å². The third-order valence-corrected chi connectivity index (χ3v) is 11.9. The maximum absolute atomic E-state index is 13.1. The summed E-state index contributed by atoms with van der Waals surface area (Å²) in [4.78, 5) is 5.50. The van der Waals surface area contributed by atoms with E-state index < -0.39 is 19.7 Å². The molecule has 2 aromatic rings. The van der Waals surface area contributed by atoms with Crippen LogP contribution in [0.15, 0.2) is 58.3 Å². The molecule has 0 bridgehead atoms. The zero-order valence-electron chi connectivity index (χ0n) is 23.0. The van der Waals surface area contributed by atoms with Gasteiger partial charge in [0.2, 0.25) is 0 Å². The molecule has 8 heteroatoms. The maximum atomic E-state index is 13.1. The fraction of sp³-hybridized carbons (Fsp3) is 0.600. The highest BCUT2D eigenvalue weighted by Gasteiger charge is 2.24. The van der Waals surface area contributed by atoms with Crippen LogP contribution in [0.2, 0.25) is 0 Å². The number of benzene rings is 2. The average molecular weight is 561 g/mol. The molecule has 38 heavy (non-hydrogen) atoms. The highest BCUT2D eigenvalue weighted by atomic mass is 32.2. The van der Waals surface area contributed by atoms with Crippen LogP contribution in [0.3, 0.4) is 0 Å². The minimum atomic E-state index is -3.46. The summed E-state index contributed by atoms with van der Waals surface area (Å²) in [7, 11) is -4.80. The van der Waals surface area contributed by atoms with Gasteiger partial charge < -0.3 is 9.80 Å². The summed E-state index contributed by atoms with van der Waals surface area (Å²) in [6.45, 7) is 7.50. The molecule has 2 aliphatic rings. The molecule has 2 fully saturated rings. The van der Waals surface area contributed by atoms with Crippen molar-refractivity contribution >= 4 is 19.7 Å². The second kappa shape index (κ2) is 13.1. The van der Waals surface area contributed by atoms with Gasteiger partial charge in [-0.3, -0.25) is 0 Å². The molecule has 0 aliphatic carbocycles. The molecule has 0 N–H and O–H groups in total. The van der Waals surface area contributed by atoms with E-state index in [1.807, 2.05) is 36.4 Å². The van der Waals surface area contributed by atoms with E-state index >= 15 is 0 Å². The molecule has 2 saturated heterocycles. The second-order valence-electron chi connectivity index (χ2n) is 11.2. The lowest BCUT2D eigenvalue weighted by molar-refractivity contribution is 0.212. The molecule has 0 aromatic heterocycles. The standard InChI is InChI=1S/C30H44N2O4S2/c1-3-16-32-19-14-26(15-20-32)28-9-7-11-30(24-28)38(35,36)22-5-4-21-37(33,34)29-10-6-8-27(23-29)25-12-17-31(2)18-13-25/h6-11,23-26H,3-5,12-22H2,1-2H3. The van der Waals surface area contributed by atoms with Gasteiger partial charge in [0, 0.05) is 0 Å². The molecule has 0 radical (unpaired) electrons. The van der Waals surface area contributed by atoms with E-state index in [9.17, 15) is 16.8 Å². The summed E-state index contributed by atoms with van der Waals surface area (Å²) < 4.78 is 52.2. The molecule has 0 saturated carbocycles. The summed E-state index contributed by atoms with van der Waals surface area (Å²) in [5.41, 5.74) is 2.20. The first kappa shape index (κ1) is 29.2. The molecule has 0 spiro atoms. The van der Waals surface area contributed by atoms with E-state index in [0.717, 1.165) is 76.0 Å². The van der Waals surface area contributed by atoms with Crippen molar-refractivity contribution in [2.45, 2.75) is 73.5 Å². The minimum Gasteiger partial charge on any atom is -0.306 e. The van der Waals surface area contributed by atoms with Gasteiger partial charge in [0.25, 0.3) is 0 Å². The molecular formula is C30H44N2O4S2. The van der Waals surface area contributed by atoms with Crippen LogP contribution in [0, 0.1) is 0 Å². The van der Waals surface area contributed by atoms with E-state index in [-0.39, 0.29) is 11.5 Å². The van der Waals surface area contributed by atoms with E-state index in [1.165, 1.54) is 0 Å². The number of sulfone groups is 2. The Balaban J connectivity index is 1.30. The fourth-order valence-electron chi connectivity index (χ4n) is 5.89. The van der Waals surface area contributed by atoms with Crippen LogP contribution in [0.5, 0.6) is 0 Å². The summed E-state index contributed by atoms with van der Waals surface area (Å²) in [6.07, 6.45) is 6.00. The Morgan fingerprint density at radius 1 is 0.711 bits per heavy atom. The number of rotatable bonds is 11. The Morgan fingerprint density at radius 2 is 1.16 bits per heavy atom. The van der Waals surface area contributed by atoms with E-state index in [2.05, 4.69) is 23.8 Å². The van der Waals surface area contributed by atoms with Gasteiger partial charge in [0.05, 0.1) is 21.3 Å². The van der Waals surface area contributed by atoms with E-state index in [1.54, 1.807) is 12.1 Å². The van der Waals surface area contributed by atoms with Crippen LogP contribution in [0.1, 0.15) is 74.8 Å². The Morgan fingerprint density at radius 3 is 1.61 bits per heavy atom. The number of piperidine rings is 2. The molecular weight excluding hydrogens is 516 g/mol. The summed E-state index contributed by atoms with van der Waals surface area (Å²) >= 11 is 0. The van der Waals surface area contributed by atoms with Gasteiger partial charge in [0.1, 0.15) is 0 Å². The lowest BCUT2D eigenvalue weighted by Crippen LogP contribution is -2.33. The number of hydrogen-bond acceptors (Lipinski definition) is 6. The van der Waals surface area contributed by atoms with Crippen LogP contribution in [-0.4, -0.2) is 77.9 Å². The van der Waals surface area contributed by atoms with Gasteiger partial charge in [-0.05, 0) is 132 Å². The quantitative estimate of drug-likeness (QED) is 0.356. The van der Waals surface area contributed by atoms with Crippen molar-refractivity contribution in [2.24, 2.45) is 0 Å². The lowest BCUT2D eigenvalue weighted by Gasteiger charge is -2.32. The molecule has 0 amide bonds. The number of unbranched alkanes of at least 4 members (excludes halogenated alkanes) is 1. The van der Waals surface area contributed by atoms with Gasteiger partial charge >= 0.3 is 0 Å². The smallest absolute Gasteiger partial charge is 0.178 e. The molecule has 4 rings (SSSR count). The summed E-state index contributed by atoms with van der Waals surface area (Å²) in [5, 5.41) is 0. The molecule has 2 heterocycles. The minimum absolute atomic E-state index is 0.0312. The van der Waals surface area contributed by atoms with Crippen LogP contribution >= 0.6 is 0 Å². The van der Waals surface area contributed by atoms with Crippen LogP contribution in [0.4, 0.5) is 0 Å². The monoisotopic (exact) mass is 560 g/mol. The molecule has 210 valence electrons. The van der Waals surface area contributed by atoms with Crippen LogP contribution < -0.4 is 0 Å². The van der Waals surface area contributed by atoms with Crippen molar-refractivity contribution in [1.29, 1.82) is 0 Å². The first-order valence-corrected chi connectivity index (χ1v) is 17.5. The van der Waals surface area contributed by atoms with Crippen molar-refractivity contribution in [3.8, 4) is 0 Å². The van der Waals surface area contributed by atoms with Crippen molar-refractivity contribution in [1.82, 2.24) is 9.80 Å². The van der Waals surface area contributed by atoms with Gasteiger partial charge in [-0.15, -0.1) is 0 Å². The molecule has 0 atom stereocenters. The Bertz CT molecular complexity index is 1260. The highest BCUT2D eigenvalue weighted by Crippen LogP contribution is 2.31. The molecule has 6 nitrogen and oxygen atoms in total. The largest absolute Gasteiger partial charge is 0.306 e. The molecule has 0 unspecified atom stereocenters. The molecule has 2 aromatic carbocycles. The fourth-order valence-corrected chi connectivity index (χ4v) is 8.73. The Kier molecular flexibility index (Phi) is 10.1. The highest BCUT2D eigenvalue weighted by molar-refractivity contribution is 7.91. The third-order valence-electron chi connectivity index (χ3n) is 8.30. The predicted molar refractivity (Wildman–Crippen MR) is 154 cm³/mol. The zero-order valence-corrected chi connectivity index (χ0v) is 24.6. The van der Waals surface area contributed by atoms with Crippen molar-refractivity contribution in [3.63, 3.8) is 0 Å². The van der Waals surface area contributed by atoms with E-state index in [0.29, 0.717) is 34.5 Å².